The van der Waals surface area contributed by atoms with Gasteiger partial charge in [-0.15, -0.1) is 0 Å². The van der Waals surface area contributed by atoms with Crippen molar-refractivity contribution in [2.75, 3.05) is 20.2 Å². The average Bonchev–Trinajstić information content (AvgIpc) is 2.51. The fraction of sp³-hybridized carbons (Fsp3) is 0.600. The minimum atomic E-state index is -3.58. The van der Waals surface area contributed by atoms with Crippen molar-refractivity contribution in [3.05, 3.63) is 23.8 Å². The third kappa shape index (κ3) is 4.18. The van der Waals surface area contributed by atoms with Crippen LogP contribution in [0.5, 0.6) is 5.75 Å². The van der Waals surface area contributed by atoms with E-state index < -0.39 is 10.0 Å². The Morgan fingerprint density at radius 3 is 2.48 bits per heavy atom. The Kier molecular flexibility index (Phi) is 6.64. The van der Waals surface area contributed by atoms with Gasteiger partial charge in [-0.1, -0.05) is 33.3 Å². The van der Waals surface area contributed by atoms with Crippen LogP contribution in [0.3, 0.4) is 0 Å². The van der Waals surface area contributed by atoms with Crippen LogP contribution in [-0.2, 0) is 16.6 Å². The number of sulfonamides is 1. The molecule has 0 saturated carbocycles. The highest BCUT2D eigenvalue weighted by atomic mass is 32.2. The fourth-order valence-corrected chi connectivity index (χ4v) is 3.84. The maximum absolute atomic E-state index is 12.9. The summed E-state index contributed by atoms with van der Waals surface area (Å²) in [4.78, 5) is 0.193. The van der Waals surface area contributed by atoms with Gasteiger partial charge in [-0.3, -0.25) is 0 Å². The molecule has 0 spiro atoms. The fourth-order valence-electron chi connectivity index (χ4n) is 2.06. The topological polar surface area (TPSA) is 72.6 Å². The number of rotatable bonds is 8. The molecule has 0 aromatic heterocycles. The number of methoxy groups -OCH3 is 1. The van der Waals surface area contributed by atoms with Crippen molar-refractivity contribution in [1.29, 1.82) is 0 Å². The maximum atomic E-state index is 12.9. The number of nitrogens with zero attached hydrogens (tertiary/aromatic N) is 1. The van der Waals surface area contributed by atoms with Crippen LogP contribution in [0, 0.1) is 5.92 Å². The van der Waals surface area contributed by atoms with Crippen LogP contribution in [0.15, 0.2) is 23.1 Å². The summed E-state index contributed by atoms with van der Waals surface area (Å²) >= 11 is 0. The Morgan fingerprint density at radius 1 is 1.33 bits per heavy atom. The van der Waals surface area contributed by atoms with E-state index in [1.54, 1.807) is 18.2 Å². The highest BCUT2D eigenvalue weighted by Gasteiger charge is 2.27. The van der Waals surface area contributed by atoms with Crippen LogP contribution in [0.1, 0.15) is 32.8 Å². The highest BCUT2D eigenvalue weighted by Crippen LogP contribution is 2.28. The van der Waals surface area contributed by atoms with E-state index in [4.69, 9.17) is 10.5 Å². The van der Waals surface area contributed by atoms with E-state index in [0.29, 0.717) is 31.3 Å². The zero-order chi connectivity index (χ0) is 16.0. The van der Waals surface area contributed by atoms with Crippen molar-refractivity contribution in [2.45, 2.75) is 38.6 Å². The monoisotopic (exact) mass is 314 g/mol. The standard InChI is InChI=1S/C15H26N2O3S/c1-5-12(3)11-17(6-2)21(18,19)15-9-13(10-16)7-8-14(15)20-4/h7-9,12H,5-6,10-11,16H2,1-4H3. The first-order valence-electron chi connectivity index (χ1n) is 7.27. The number of ether oxygens (including phenoxy) is 1. The molecule has 0 fully saturated rings. The Labute approximate surface area is 128 Å². The molecule has 6 heteroatoms. The van der Waals surface area contributed by atoms with Gasteiger partial charge in [0.25, 0.3) is 0 Å². The summed E-state index contributed by atoms with van der Waals surface area (Å²) in [6.07, 6.45) is 0.937. The van der Waals surface area contributed by atoms with Crippen molar-refractivity contribution in [1.82, 2.24) is 4.31 Å². The SMILES string of the molecule is CCC(C)CN(CC)S(=O)(=O)c1cc(CN)ccc1OC. The molecular weight excluding hydrogens is 288 g/mol. The van der Waals surface area contributed by atoms with E-state index in [1.165, 1.54) is 11.4 Å². The lowest BCUT2D eigenvalue weighted by molar-refractivity contribution is 0.356. The van der Waals surface area contributed by atoms with Crippen molar-refractivity contribution in [3.8, 4) is 5.75 Å². The van der Waals surface area contributed by atoms with E-state index in [0.717, 1.165) is 12.0 Å². The molecule has 0 amide bonds. The van der Waals surface area contributed by atoms with E-state index in [9.17, 15) is 8.42 Å². The molecule has 1 atom stereocenters. The second-order valence-corrected chi connectivity index (χ2v) is 7.06. The number of hydrogen-bond acceptors (Lipinski definition) is 4. The quantitative estimate of drug-likeness (QED) is 0.798. The number of hydrogen-bond donors (Lipinski definition) is 1. The molecule has 1 rings (SSSR count). The smallest absolute Gasteiger partial charge is 0.246 e. The summed E-state index contributed by atoms with van der Waals surface area (Å²) in [6, 6.07) is 5.04. The third-order valence-electron chi connectivity index (χ3n) is 3.65. The van der Waals surface area contributed by atoms with Gasteiger partial charge in [0, 0.05) is 19.6 Å². The summed E-state index contributed by atoms with van der Waals surface area (Å²) in [5.74, 6) is 0.665. The van der Waals surface area contributed by atoms with Gasteiger partial charge in [0.15, 0.2) is 0 Å². The molecule has 0 heterocycles. The zero-order valence-corrected chi connectivity index (χ0v) is 14.1. The average molecular weight is 314 g/mol. The number of benzene rings is 1. The van der Waals surface area contributed by atoms with Gasteiger partial charge >= 0.3 is 0 Å². The second-order valence-electron chi connectivity index (χ2n) is 5.16. The van der Waals surface area contributed by atoms with Crippen molar-refractivity contribution < 1.29 is 13.2 Å². The zero-order valence-electron chi connectivity index (χ0n) is 13.3. The first-order chi connectivity index (χ1) is 9.90. The van der Waals surface area contributed by atoms with Crippen LogP contribution in [0.25, 0.3) is 0 Å². The first-order valence-corrected chi connectivity index (χ1v) is 8.71. The molecule has 0 radical (unpaired) electrons. The summed E-state index contributed by atoms with van der Waals surface area (Å²) in [5.41, 5.74) is 6.39. The van der Waals surface area contributed by atoms with Gasteiger partial charge in [-0.05, 0) is 23.6 Å². The van der Waals surface area contributed by atoms with E-state index in [2.05, 4.69) is 6.92 Å². The van der Waals surface area contributed by atoms with Crippen LogP contribution in [-0.4, -0.2) is 32.9 Å². The molecule has 1 unspecified atom stereocenters. The highest BCUT2D eigenvalue weighted by molar-refractivity contribution is 7.89. The maximum Gasteiger partial charge on any atom is 0.246 e. The second kappa shape index (κ2) is 7.77. The molecule has 0 saturated heterocycles. The molecule has 5 nitrogen and oxygen atoms in total. The third-order valence-corrected chi connectivity index (χ3v) is 5.61. The molecule has 120 valence electrons. The van der Waals surface area contributed by atoms with Gasteiger partial charge in [0.05, 0.1) is 7.11 Å². The van der Waals surface area contributed by atoms with Gasteiger partial charge in [0.1, 0.15) is 10.6 Å². The Hall–Kier alpha value is -1.11. The van der Waals surface area contributed by atoms with Crippen molar-refractivity contribution >= 4 is 10.0 Å². The Bertz CT molecular complexity index is 558. The van der Waals surface area contributed by atoms with Crippen LogP contribution in [0.4, 0.5) is 0 Å². The summed E-state index contributed by atoms with van der Waals surface area (Å²) in [6.45, 7) is 7.18. The number of nitrogens with two attached hydrogens (primary N) is 1. The minimum absolute atomic E-state index is 0.193. The van der Waals surface area contributed by atoms with Gasteiger partial charge in [0.2, 0.25) is 10.0 Å². The lowest BCUT2D eigenvalue weighted by Crippen LogP contribution is -2.34. The van der Waals surface area contributed by atoms with Gasteiger partial charge < -0.3 is 10.5 Å². The van der Waals surface area contributed by atoms with E-state index >= 15 is 0 Å². The Balaban J connectivity index is 3.27. The van der Waals surface area contributed by atoms with E-state index in [1.807, 2.05) is 13.8 Å². The predicted octanol–water partition coefficient (Wildman–Crippen LogP) is 2.21. The molecule has 0 aliphatic carbocycles. The largest absolute Gasteiger partial charge is 0.495 e. The molecular formula is C15H26N2O3S. The van der Waals surface area contributed by atoms with Crippen LogP contribution < -0.4 is 10.5 Å². The molecule has 0 bridgehead atoms. The van der Waals surface area contributed by atoms with Crippen LogP contribution >= 0.6 is 0 Å². The first kappa shape index (κ1) is 17.9. The molecule has 21 heavy (non-hydrogen) atoms. The minimum Gasteiger partial charge on any atom is -0.495 e. The molecule has 2 N–H and O–H groups in total. The molecule has 1 aromatic rings. The van der Waals surface area contributed by atoms with Crippen molar-refractivity contribution in [3.63, 3.8) is 0 Å². The molecule has 0 aliphatic heterocycles. The molecule has 1 aromatic carbocycles. The van der Waals surface area contributed by atoms with Gasteiger partial charge in [-0.25, -0.2) is 8.42 Å². The van der Waals surface area contributed by atoms with Crippen molar-refractivity contribution in [2.24, 2.45) is 11.7 Å². The summed E-state index contributed by atoms with van der Waals surface area (Å²) in [5, 5.41) is 0. The predicted molar refractivity (Wildman–Crippen MR) is 84.8 cm³/mol. The summed E-state index contributed by atoms with van der Waals surface area (Å²) in [7, 11) is -2.11. The normalized spacial score (nSPS) is 13.4. The van der Waals surface area contributed by atoms with Crippen LogP contribution in [0.2, 0.25) is 0 Å². The van der Waals surface area contributed by atoms with E-state index in [-0.39, 0.29) is 4.90 Å². The lowest BCUT2D eigenvalue weighted by Gasteiger charge is -2.24. The lowest BCUT2D eigenvalue weighted by atomic mass is 10.1. The Morgan fingerprint density at radius 2 is 2.00 bits per heavy atom. The van der Waals surface area contributed by atoms with Gasteiger partial charge in [-0.2, -0.15) is 4.31 Å². The molecule has 0 aliphatic rings. The summed E-state index contributed by atoms with van der Waals surface area (Å²) < 4.78 is 32.4.